The Bertz CT molecular complexity index is 528. The summed E-state index contributed by atoms with van der Waals surface area (Å²) in [5.41, 5.74) is 1.75. The molecule has 108 valence electrons. The van der Waals surface area contributed by atoms with Crippen molar-refractivity contribution in [2.24, 2.45) is 0 Å². The van der Waals surface area contributed by atoms with Gasteiger partial charge in [-0.2, -0.15) is 4.98 Å². The molecule has 0 radical (unpaired) electrons. The summed E-state index contributed by atoms with van der Waals surface area (Å²) >= 11 is 0. The zero-order valence-electron chi connectivity index (χ0n) is 11.8. The summed E-state index contributed by atoms with van der Waals surface area (Å²) in [5.74, 6) is 0. The van der Waals surface area contributed by atoms with E-state index in [0.717, 1.165) is 50.2 Å². The number of oxazole rings is 1. The van der Waals surface area contributed by atoms with E-state index in [2.05, 4.69) is 14.8 Å². The molecule has 1 aliphatic rings. The lowest BCUT2D eigenvalue weighted by molar-refractivity contribution is 0.105. The van der Waals surface area contributed by atoms with Crippen LogP contribution in [0.3, 0.4) is 0 Å². The quantitative estimate of drug-likeness (QED) is 0.921. The molecule has 0 spiro atoms. The largest absolute Gasteiger partial charge is 0.423 e. The van der Waals surface area contributed by atoms with Gasteiger partial charge in [0.05, 0.1) is 6.10 Å². The Morgan fingerprint density at radius 3 is 2.70 bits per heavy atom. The third-order valence-corrected chi connectivity index (χ3v) is 3.87. The molecule has 1 aromatic heterocycles. The Balaban J connectivity index is 1.63. The highest BCUT2D eigenvalue weighted by Gasteiger charge is 2.21. The number of aliphatic hydroxyl groups is 1. The van der Waals surface area contributed by atoms with Crippen molar-refractivity contribution in [3.63, 3.8) is 0 Å². The highest BCUT2D eigenvalue weighted by Crippen LogP contribution is 2.22. The summed E-state index contributed by atoms with van der Waals surface area (Å²) < 4.78 is 5.79. The molecule has 0 bridgehead atoms. The van der Waals surface area contributed by atoms with Crippen molar-refractivity contribution in [1.29, 1.82) is 0 Å². The third-order valence-electron chi connectivity index (χ3n) is 3.87. The van der Waals surface area contributed by atoms with Crippen LogP contribution in [0.2, 0.25) is 0 Å². The normalized spacial score (nSPS) is 18.6. The maximum absolute atomic E-state index is 9.70. The first-order chi connectivity index (χ1) is 9.76. The van der Waals surface area contributed by atoms with Gasteiger partial charge in [0.1, 0.15) is 5.52 Å². The number of benzene rings is 1. The molecule has 1 aromatic carbocycles. The van der Waals surface area contributed by atoms with E-state index < -0.39 is 0 Å². The molecule has 1 aliphatic heterocycles. The molecule has 0 unspecified atom stereocenters. The van der Waals surface area contributed by atoms with Crippen molar-refractivity contribution < 1.29 is 9.52 Å². The number of hydrogen-bond donors (Lipinski definition) is 1. The second-order valence-corrected chi connectivity index (χ2v) is 5.31. The number of rotatable bonds is 4. The van der Waals surface area contributed by atoms with Crippen LogP contribution in [0.25, 0.3) is 11.1 Å². The first-order valence-electron chi connectivity index (χ1n) is 7.27. The molecule has 5 heteroatoms. The molecule has 0 saturated carbocycles. The van der Waals surface area contributed by atoms with E-state index >= 15 is 0 Å². The van der Waals surface area contributed by atoms with Gasteiger partial charge >= 0.3 is 0 Å². The molecule has 0 amide bonds. The minimum Gasteiger partial charge on any atom is -0.423 e. The van der Waals surface area contributed by atoms with Gasteiger partial charge in [0, 0.05) is 32.7 Å². The summed E-state index contributed by atoms with van der Waals surface area (Å²) in [5, 5.41) is 9.70. The fourth-order valence-corrected chi connectivity index (χ4v) is 2.54. The van der Waals surface area contributed by atoms with Gasteiger partial charge in [-0.1, -0.05) is 19.1 Å². The fourth-order valence-electron chi connectivity index (χ4n) is 2.54. The van der Waals surface area contributed by atoms with Gasteiger partial charge in [-0.05, 0) is 18.6 Å². The van der Waals surface area contributed by atoms with Crippen molar-refractivity contribution >= 4 is 17.1 Å². The summed E-state index contributed by atoms with van der Waals surface area (Å²) in [7, 11) is 0. The molecular formula is C15H21N3O2. The number of hydrogen-bond acceptors (Lipinski definition) is 5. The van der Waals surface area contributed by atoms with Gasteiger partial charge in [0.2, 0.25) is 0 Å². The molecular weight excluding hydrogens is 254 g/mol. The molecule has 0 aliphatic carbocycles. The second kappa shape index (κ2) is 5.81. The topological polar surface area (TPSA) is 52.7 Å². The Labute approximate surface area is 118 Å². The predicted molar refractivity (Wildman–Crippen MR) is 79.0 cm³/mol. The third kappa shape index (κ3) is 2.78. The highest BCUT2D eigenvalue weighted by molar-refractivity contribution is 5.74. The van der Waals surface area contributed by atoms with E-state index in [-0.39, 0.29) is 6.10 Å². The summed E-state index contributed by atoms with van der Waals surface area (Å²) in [6.45, 7) is 6.44. The van der Waals surface area contributed by atoms with Crippen LogP contribution in [0.15, 0.2) is 28.7 Å². The molecule has 1 fully saturated rings. The van der Waals surface area contributed by atoms with Crippen LogP contribution >= 0.6 is 0 Å². The summed E-state index contributed by atoms with van der Waals surface area (Å²) in [4.78, 5) is 9.00. The average molecular weight is 275 g/mol. The van der Waals surface area contributed by atoms with Gasteiger partial charge in [0.15, 0.2) is 5.58 Å². The predicted octanol–water partition coefficient (Wildman–Crippen LogP) is 1.72. The standard InChI is InChI=1S/C15H21N3O2/c1-2-12(19)11-17-7-9-18(10-8-17)15-16-13-5-3-4-6-14(13)20-15/h3-6,12,19H,2,7-11H2,1H3/t12-/m1/s1. The fraction of sp³-hybridized carbons (Fsp3) is 0.533. The molecule has 2 aromatic rings. The van der Waals surface area contributed by atoms with Crippen LogP contribution in [0.1, 0.15) is 13.3 Å². The molecule has 5 nitrogen and oxygen atoms in total. The van der Waals surface area contributed by atoms with E-state index in [0.29, 0.717) is 6.01 Å². The van der Waals surface area contributed by atoms with Crippen molar-refractivity contribution in [2.45, 2.75) is 19.4 Å². The number of nitrogens with zero attached hydrogens (tertiary/aromatic N) is 3. The van der Waals surface area contributed by atoms with E-state index in [1.54, 1.807) is 0 Å². The zero-order chi connectivity index (χ0) is 13.9. The SMILES string of the molecule is CC[C@@H](O)CN1CCN(c2nc3ccccc3o2)CC1. The maximum Gasteiger partial charge on any atom is 0.298 e. The molecule has 2 heterocycles. The number of anilines is 1. The first kappa shape index (κ1) is 13.4. The number of aliphatic hydroxyl groups excluding tert-OH is 1. The summed E-state index contributed by atoms with van der Waals surface area (Å²) in [6, 6.07) is 8.55. The van der Waals surface area contributed by atoms with Crippen molar-refractivity contribution in [3.8, 4) is 0 Å². The number of aromatic nitrogens is 1. The Kier molecular flexibility index (Phi) is 3.89. The van der Waals surface area contributed by atoms with Gasteiger partial charge < -0.3 is 14.4 Å². The minimum atomic E-state index is -0.217. The first-order valence-corrected chi connectivity index (χ1v) is 7.27. The van der Waals surface area contributed by atoms with Crippen LogP contribution < -0.4 is 4.90 Å². The Morgan fingerprint density at radius 2 is 2.00 bits per heavy atom. The average Bonchev–Trinajstić information content (AvgIpc) is 2.91. The lowest BCUT2D eigenvalue weighted by Gasteiger charge is -2.34. The molecule has 1 saturated heterocycles. The molecule has 3 rings (SSSR count). The van der Waals surface area contributed by atoms with Crippen LogP contribution in [-0.4, -0.2) is 53.8 Å². The van der Waals surface area contributed by atoms with Crippen molar-refractivity contribution in [2.75, 3.05) is 37.6 Å². The molecule has 1 N–H and O–H groups in total. The van der Waals surface area contributed by atoms with E-state index in [4.69, 9.17) is 4.42 Å². The lowest BCUT2D eigenvalue weighted by atomic mass is 10.2. The van der Waals surface area contributed by atoms with Gasteiger partial charge in [-0.3, -0.25) is 4.90 Å². The van der Waals surface area contributed by atoms with E-state index in [1.807, 2.05) is 31.2 Å². The minimum absolute atomic E-state index is 0.217. The van der Waals surface area contributed by atoms with E-state index in [1.165, 1.54) is 0 Å². The number of piperazine rings is 1. The van der Waals surface area contributed by atoms with E-state index in [9.17, 15) is 5.11 Å². The van der Waals surface area contributed by atoms with Crippen LogP contribution in [0.5, 0.6) is 0 Å². The van der Waals surface area contributed by atoms with Crippen LogP contribution in [0, 0.1) is 0 Å². The van der Waals surface area contributed by atoms with Crippen LogP contribution in [-0.2, 0) is 0 Å². The highest BCUT2D eigenvalue weighted by atomic mass is 16.4. The number of fused-ring (bicyclic) bond motifs is 1. The Hall–Kier alpha value is -1.59. The van der Waals surface area contributed by atoms with Crippen molar-refractivity contribution in [3.05, 3.63) is 24.3 Å². The summed E-state index contributed by atoms with van der Waals surface area (Å²) in [6.07, 6.45) is 0.594. The zero-order valence-corrected chi connectivity index (χ0v) is 11.8. The monoisotopic (exact) mass is 275 g/mol. The van der Waals surface area contributed by atoms with Gasteiger partial charge in [-0.25, -0.2) is 0 Å². The van der Waals surface area contributed by atoms with Gasteiger partial charge in [-0.15, -0.1) is 0 Å². The molecule has 1 atom stereocenters. The maximum atomic E-state index is 9.70. The number of β-amino-alcohol motifs (C(OH)–C–C–N with tert-alkyl or cyclic N) is 1. The van der Waals surface area contributed by atoms with Crippen molar-refractivity contribution in [1.82, 2.24) is 9.88 Å². The Morgan fingerprint density at radius 1 is 1.25 bits per heavy atom. The number of para-hydroxylation sites is 2. The second-order valence-electron chi connectivity index (χ2n) is 5.31. The van der Waals surface area contributed by atoms with Gasteiger partial charge in [0.25, 0.3) is 6.01 Å². The van der Waals surface area contributed by atoms with Crippen LogP contribution in [0.4, 0.5) is 6.01 Å². The lowest BCUT2D eigenvalue weighted by Crippen LogP contribution is -2.48. The smallest absolute Gasteiger partial charge is 0.298 e. The molecule has 20 heavy (non-hydrogen) atoms.